The number of halogens is 1. The van der Waals surface area contributed by atoms with Crippen molar-refractivity contribution in [2.45, 2.75) is 52.5 Å². The maximum Gasteiger partial charge on any atom is 0.264 e. The van der Waals surface area contributed by atoms with Gasteiger partial charge in [0.1, 0.15) is 0 Å². The molecule has 0 unspecified atom stereocenters. The maximum absolute atomic E-state index is 12.2. The summed E-state index contributed by atoms with van der Waals surface area (Å²) in [6.07, 6.45) is 3.35. The van der Waals surface area contributed by atoms with Gasteiger partial charge in [-0.1, -0.05) is 37.1 Å². The molecule has 8 heteroatoms. The number of aryl methyl sites for hydroxylation is 2. The minimum absolute atomic E-state index is 0.0368. The number of hydrogen-bond acceptors (Lipinski definition) is 4. The van der Waals surface area contributed by atoms with E-state index in [1.807, 2.05) is 50.2 Å². The van der Waals surface area contributed by atoms with Crippen molar-refractivity contribution >= 4 is 44.3 Å². The number of unbranched alkanes of at least 4 members (excludes halogenated alkanes) is 2. The van der Waals surface area contributed by atoms with Crippen LogP contribution in [0.2, 0.25) is 0 Å². The Morgan fingerprint density at radius 2 is 1.91 bits per heavy atom. The number of amides is 2. The number of aromatic nitrogens is 1. The van der Waals surface area contributed by atoms with E-state index >= 15 is 0 Å². The normalized spacial score (nSPS) is 11.4. The average molecular weight is 513 g/mol. The SMILES string of the molecule is CCCn1c(O)c(N=NC(=O)CCCCCNC(=O)c2ccccc2Br)c2cc(C)ccc21. The van der Waals surface area contributed by atoms with Gasteiger partial charge in [0.05, 0.1) is 11.1 Å². The molecule has 0 spiro atoms. The average Bonchev–Trinajstić information content (AvgIpc) is 3.05. The topological polar surface area (TPSA) is 96.0 Å². The van der Waals surface area contributed by atoms with Gasteiger partial charge in [0, 0.05) is 29.4 Å². The fourth-order valence-electron chi connectivity index (χ4n) is 3.66. The highest BCUT2D eigenvalue weighted by molar-refractivity contribution is 9.10. The summed E-state index contributed by atoms with van der Waals surface area (Å²) in [4.78, 5) is 24.4. The second-order valence-electron chi connectivity index (χ2n) is 7.98. The standard InChI is InChI=1S/C25H29BrN4O3/c1-3-15-30-21-13-12-17(2)16-19(21)23(25(30)33)29-28-22(31)11-5-4-8-14-27-24(32)18-9-6-7-10-20(18)26/h6-7,9-10,12-13,16,33H,3-5,8,11,14-15H2,1-2H3,(H,27,32). The minimum atomic E-state index is -0.323. The molecule has 0 fully saturated rings. The van der Waals surface area contributed by atoms with E-state index in [0.29, 0.717) is 30.8 Å². The van der Waals surface area contributed by atoms with E-state index in [-0.39, 0.29) is 24.1 Å². The third-order valence-electron chi connectivity index (χ3n) is 5.35. The van der Waals surface area contributed by atoms with Gasteiger partial charge in [-0.15, -0.1) is 10.2 Å². The monoisotopic (exact) mass is 512 g/mol. The molecule has 0 radical (unpaired) electrons. The molecule has 0 bridgehead atoms. The third-order valence-corrected chi connectivity index (χ3v) is 6.04. The van der Waals surface area contributed by atoms with E-state index in [2.05, 4.69) is 31.5 Å². The number of hydrogen-bond donors (Lipinski definition) is 2. The van der Waals surface area contributed by atoms with E-state index in [1.165, 1.54) is 0 Å². The molecule has 3 aromatic rings. The highest BCUT2D eigenvalue weighted by Crippen LogP contribution is 2.39. The third kappa shape index (κ3) is 6.28. The van der Waals surface area contributed by atoms with Gasteiger partial charge in [-0.25, -0.2) is 0 Å². The van der Waals surface area contributed by atoms with Crippen LogP contribution in [0.4, 0.5) is 5.69 Å². The molecule has 0 atom stereocenters. The van der Waals surface area contributed by atoms with Gasteiger partial charge in [-0.2, -0.15) is 0 Å². The molecular weight excluding hydrogens is 484 g/mol. The Balaban J connectivity index is 1.48. The van der Waals surface area contributed by atoms with Crippen LogP contribution in [0.5, 0.6) is 5.88 Å². The maximum atomic E-state index is 12.2. The number of fused-ring (bicyclic) bond motifs is 1. The number of aromatic hydroxyl groups is 1. The van der Waals surface area contributed by atoms with Crippen LogP contribution in [0.15, 0.2) is 57.2 Å². The molecule has 7 nitrogen and oxygen atoms in total. The van der Waals surface area contributed by atoms with Gasteiger partial charge >= 0.3 is 0 Å². The number of carbonyl (C=O) groups excluding carboxylic acids is 2. The van der Waals surface area contributed by atoms with Gasteiger partial charge in [0.25, 0.3) is 11.8 Å². The molecule has 0 saturated carbocycles. The van der Waals surface area contributed by atoms with Crippen molar-refractivity contribution in [3.05, 3.63) is 58.1 Å². The zero-order valence-electron chi connectivity index (χ0n) is 19.0. The molecule has 0 aliphatic carbocycles. The zero-order chi connectivity index (χ0) is 23.8. The zero-order valence-corrected chi connectivity index (χ0v) is 20.6. The van der Waals surface area contributed by atoms with E-state index in [4.69, 9.17) is 0 Å². The summed E-state index contributed by atoms with van der Waals surface area (Å²) < 4.78 is 2.56. The summed E-state index contributed by atoms with van der Waals surface area (Å²) in [5.41, 5.74) is 2.87. The molecule has 1 aromatic heterocycles. The van der Waals surface area contributed by atoms with Gasteiger partial charge < -0.3 is 15.0 Å². The summed E-state index contributed by atoms with van der Waals surface area (Å²) in [5.74, 6) is -0.407. The summed E-state index contributed by atoms with van der Waals surface area (Å²) >= 11 is 3.37. The first-order valence-electron chi connectivity index (χ1n) is 11.2. The number of carbonyl (C=O) groups is 2. The van der Waals surface area contributed by atoms with E-state index < -0.39 is 0 Å². The Labute approximate surface area is 202 Å². The predicted molar refractivity (Wildman–Crippen MR) is 133 cm³/mol. The molecule has 174 valence electrons. The molecule has 2 amide bonds. The largest absolute Gasteiger partial charge is 0.493 e. The highest BCUT2D eigenvalue weighted by Gasteiger charge is 2.16. The Morgan fingerprint density at radius 1 is 1.12 bits per heavy atom. The van der Waals surface area contributed by atoms with Crippen molar-refractivity contribution in [2.75, 3.05) is 6.54 Å². The molecule has 33 heavy (non-hydrogen) atoms. The fourth-order valence-corrected chi connectivity index (χ4v) is 4.13. The molecule has 0 aliphatic heterocycles. The summed E-state index contributed by atoms with van der Waals surface area (Å²) in [5, 5.41) is 22.2. The van der Waals surface area contributed by atoms with Crippen molar-refractivity contribution in [2.24, 2.45) is 10.2 Å². The Kier molecular flexibility index (Phi) is 8.77. The van der Waals surface area contributed by atoms with Gasteiger partial charge in [-0.3, -0.25) is 9.59 Å². The Hall–Kier alpha value is -3.00. The number of nitrogens with one attached hydrogen (secondary N) is 1. The van der Waals surface area contributed by atoms with Crippen LogP contribution in [0.25, 0.3) is 10.9 Å². The lowest BCUT2D eigenvalue weighted by Gasteiger charge is -2.06. The second kappa shape index (κ2) is 11.7. The Bertz CT molecular complexity index is 1170. The van der Waals surface area contributed by atoms with Crippen LogP contribution < -0.4 is 5.32 Å². The minimum Gasteiger partial charge on any atom is -0.493 e. The lowest BCUT2D eigenvalue weighted by molar-refractivity contribution is -0.118. The van der Waals surface area contributed by atoms with Crippen LogP contribution in [0.3, 0.4) is 0 Å². The van der Waals surface area contributed by atoms with Crippen molar-refractivity contribution in [3.8, 4) is 5.88 Å². The first kappa shape index (κ1) is 24.6. The molecule has 0 saturated heterocycles. The quantitative estimate of drug-likeness (QED) is 0.242. The van der Waals surface area contributed by atoms with Crippen LogP contribution in [-0.2, 0) is 11.3 Å². The van der Waals surface area contributed by atoms with Crippen LogP contribution in [0.1, 0.15) is 54.9 Å². The fraction of sp³-hybridized carbons (Fsp3) is 0.360. The summed E-state index contributed by atoms with van der Waals surface area (Å²) in [6, 6.07) is 13.2. The van der Waals surface area contributed by atoms with Crippen molar-refractivity contribution in [1.82, 2.24) is 9.88 Å². The van der Waals surface area contributed by atoms with E-state index in [0.717, 1.165) is 40.2 Å². The van der Waals surface area contributed by atoms with Crippen molar-refractivity contribution in [1.29, 1.82) is 0 Å². The van der Waals surface area contributed by atoms with Crippen molar-refractivity contribution in [3.63, 3.8) is 0 Å². The number of rotatable bonds is 10. The van der Waals surface area contributed by atoms with Gasteiger partial charge in [-0.05, 0) is 66.4 Å². The van der Waals surface area contributed by atoms with Crippen molar-refractivity contribution < 1.29 is 14.7 Å². The van der Waals surface area contributed by atoms with Crippen LogP contribution in [-0.4, -0.2) is 28.0 Å². The molecule has 1 heterocycles. The molecule has 2 N–H and O–H groups in total. The van der Waals surface area contributed by atoms with E-state index in [9.17, 15) is 14.7 Å². The molecular formula is C25H29BrN4O3. The van der Waals surface area contributed by atoms with Crippen LogP contribution in [0, 0.1) is 6.92 Å². The summed E-state index contributed by atoms with van der Waals surface area (Å²) in [6.45, 7) is 5.21. The molecule has 3 rings (SSSR count). The van der Waals surface area contributed by atoms with Crippen LogP contribution >= 0.6 is 15.9 Å². The van der Waals surface area contributed by atoms with Gasteiger partial charge in [0.2, 0.25) is 5.88 Å². The lowest BCUT2D eigenvalue weighted by atomic mass is 10.1. The second-order valence-corrected chi connectivity index (χ2v) is 8.84. The first-order valence-corrected chi connectivity index (χ1v) is 12.0. The highest BCUT2D eigenvalue weighted by atomic mass is 79.9. The Morgan fingerprint density at radius 3 is 2.67 bits per heavy atom. The van der Waals surface area contributed by atoms with Gasteiger partial charge in [0.15, 0.2) is 5.69 Å². The van der Waals surface area contributed by atoms with E-state index in [1.54, 1.807) is 10.6 Å². The predicted octanol–water partition coefficient (Wildman–Crippen LogP) is 6.43. The smallest absolute Gasteiger partial charge is 0.264 e. The number of benzene rings is 2. The number of azo groups is 1. The lowest BCUT2D eigenvalue weighted by Crippen LogP contribution is -2.24. The summed E-state index contributed by atoms with van der Waals surface area (Å²) in [7, 11) is 0. The first-order chi connectivity index (χ1) is 15.9. The molecule has 2 aromatic carbocycles. The number of nitrogens with zero attached hydrogens (tertiary/aromatic N) is 3. The molecule has 0 aliphatic rings.